The molecule has 0 bridgehead atoms. The number of anilines is 1. The molecule has 10 heteroatoms. The number of para-hydroxylation sites is 1. The fourth-order valence-corrected chi connectivity index (χ4v) is 5.51. The summed E-state index contributed by atoms with van der Waals surface area (Å²) in [5, 5.41) is 2.90. The second kappa shape index (κ2) is 13.7. The van der Waals surface area contributed by atoms with Crippen LogP contribution >= 0.6 is 15.9 Å². The quantitative estimate of drug-likeness (QED) is 0.317. The summed E-state index contributed by atoms with van der Waals surface area (Å²) < 4.78 is 41.9. The van der Waals surface area contributed by atoms with Crippen LogP contribution in [0.3, 0.4) is 0 Å². The van der Waals surface area contributed by atoms with Crippen LogP contribution in [0.1, 0.15) is 25.0 Å². The van der Waals surface area contributed by atoms with Gasteiger partial charge >= 0.3 is 0 Å². The van der Waals surface area contributed by atoms with Crippen LogP contribution in [0.15, 0.2) is 83.3 Å². The van der Waals surface area contributed by atoms with E-state index in [1.807, 2.05) is 44.2 Å². The summed E-state index contributed by atoms with van der Waals surface area (Å²) in [4.78, 5) is 28.8. The summed E-state index contributed by atoms with van der Waals surface area (Å²) in [6.45, 7) is 3.51. The normalized spacial score (nSPS) is 12.2. The highest BCUT2D eigenvalue weighted by molar-refractivity contribution is 9.10. The molecule has 0 spiro atoms. The van der Waals surface area contributed by atoms with Crippen LogP contribution < -0.4 is 9.62 Å². The second-order valence-electron chi connectivity index (χ2n) is 9.68. The van der Waals surface area contributed by atoms with Crippen molar-refractivity contribution in [3.8, 4) is 0 Å². The van der Waals surface area contributed by atoms with Gasteiger partial charge in [0, 0.05) is 29.5 Å². The van der Waals surface area contributed by atoms with Gasteiger partial charge in [-0.25, -0.2) is 12.8 Å². The van der Waals surface area contributed by atoms with Crippen molar-refractivity contribution < 1.29 is 22.4 Å². The molecule has 0 radical (unpaired) electrons. The lowest BCUT2D eigenvalue weighted by Crippen LogP contribution is -2.53. The third kappa shape index (κ3) is 8.63. The predicted molar refractivity (Wildman–Crippen MR) is 155 cm³/mol. The van der Waals surface area contributed by atoms with Gasteiger partial charge in [0.05, 0.1) is 11.9 Å². The Morgan fingerprint density at radius 2 is 1.56 bits per heavy atom. The minimum Gasteiger partial charge on any atom is -0.354 e. The van der Waals surface area contributed by atoms with Gasteiger partial charge < -0.3 is 10.2 Å². The first kappa shape index (κ1) is 30.3. The van der Waals surface area contributed by atoms with Crippen molar-refractivity contribution in [2.24, 2.45) is 5.92 Å². The summed E-state index contributed by atoms with van der Waals surface area (Å²) in [5.74, 6) is -1.40. The minimum absolute atomic E-state index is 0.165. The van der Waals surface area contributed by atoms with Gasteiger partial charge in [0.2, 0.25) is 21.8 Å². The first-order valence-corrected chi connectivity index (χ1v) is 15.2. The first-order valence-electron chi connectivity index (χ1n) is 12.5. The molecule has 0 heterocycles. The molecular formula is C29H33BrFN3O4S. The van der Waals surface area contributed by atoms with E-state index in [2.05, 4.69) is 21.2 Å². The summed E-state index contributed by atoms with van der Waals surface area (Å²) in [6, 6.07) is 20.9. The molecule has 0 saturated heterocycles. The number of hydrogen-bond donors (Lipinski definition) is 1. The van der Waals surface area contributed by atoms with Gasteiger partial charge in [0.25, 0.3) is 0 Å². The molecule has 2 amide bonds. The maximum absolute atomic E-state index is 14.8. The Bertz CT molecular complexity index is 1390. The van der Waals surface area contributed by atoms with Crippen molar-refractivity contribution in [2.75, 3.05) is 23.7 Å². The lowest BCUT2D eigenvalue weighted by Gasteiger charge is -2.34. The highest BCUT2D eigenvalue weighted by Gasteiger charge is 2.33. The zero-order valence-corrected chi connectivity index (χ0v) is 24.6. The number of hydrogen-bond acceptors (Lipinski definition) is 4. The number of amides is 2. The molecule has 3 rings (SSSR count). The molecule has 0 aliphatic heterocycles. The molecule has 0 aromatic heterocycles. The maximum atomic E-state index is 14.8. The van der Waals surface area contributed by atoms with Gasteiger partial charge in [-0.2, -0.15) is 0 Å². The van der Waals surface area contributed by atoms with E-state index in [1.165, 1.54) is 11.0 Å². The largest absolute Gasteiger partial charge is 0.354 e. The van der Waals surface area contributed by atoms with E-state index in [-0.39, 0.29) is 30.1 Å². The summed E-state index contributed by atoms with van der Waals surface area (Å²) in [6.07, 6.45) is 1.18. The molecule has 0 aliphatic carbocycles. The second-order valence-corrected chi connectivity index (χ2v) is 12.4. The van der Waals surface area contributed by atoms with Crippen molar-refractivity contribution in [1.82, 2.24) is 10.2 Å². The predicted octanol–water partition coefficient (Wildman–Crippen LogP) is 4.77. The van der Waals surface area contributed by atoms with Gasteiger partial charge in [-0.15, -0.1) is 0 Å². The number of benzene rings is 3. The highest BCUT2D eigenvalue weighted by atomic mass is 79.9. The van der Waals surface area contributed by atoms with Crippen molar-refractivity contribution in [2.45, 2.75) is 32.9 Å². The van der Waals surface area contributed by atoms with Crippen molar-refractivity contribution >= 4 is 43.5 Å². The number of halogens is 2. The van der Waals surface area contributed by atoms with Crippen LogP contribution in [-0.2, 0) is 32.6 Å². The highest BCUT2D eigenvalue weighted by Crippen LogP contribution is 2.28. The average Bonchev–Trinajstić information content (AvgIpc) is 2.89. The molecule has 1 atom stereocenters. The summed E-state index contributed by atoms with van der Waals surface area (Å²) in [7, 11) is -3.90. The third-order valence-electron chi connectivity index (χ3n) is 6.05. The van der Waals surface area contributed by atoms with Crippen molar-refractivity contribution in [3.05, 3.63) is 100 Å². The van der Waals surface area contributed by atoms with E-state index in [9.17, 15) is 22.4 Å². The van der Waals surface area contributed by atoms with Crippen LogP contribution in [0.2, 0.25) is 0 Å². The Hall–Kier alpha value is -3.24. The fourth-order valence-electron chi connectivity index (χ4n) is 4.04. The van der Waals surface area contributed by atoms with E-state index >= 15 is 0 Å². The summed E-state index contributed by atoms with van der Waals surface area (Å²) in [5.41, 5.74) is 1.30. The zero-order valence-electron chi connectivity index (χ0n) is 22.2. The van der Waals surface area contributed by atoms with Gasteiger partial charge in [0.1, 0.15) is 18.4 Å². The molecule has 39 heavy (non-hydrogen) atoms. The van der Waals surface area contributed by atoms with E-state index in [0.29, 0.717) is 11.0 Å². The fraction of sp³-hybridized carbons (Fsp3) is 0.310. The number of carbonyl (C=O) groups is 2. The van der Waals surface area contributed by atoms with Gasteiger partial charge in [-0.3, -0.25) is 13.9 Å². The molecule has 0 saturated carbocycles. The Balaban J connectivity index is 2.06. The van der Waals surface area contributed by atoms with Crippen molar-refractivity contribution in [3.63, 3.8) is 0 Å². The Morgan fingerprint density at radius 3 is 2.18 bits per heavy atom. The molecule has 0 unspecified atom stereocenters. The molecule has 3 aromatic carbocycles. The Morgan fingerprint density at radius 1 is 0.949 bits per heavy atom. The van der Waals surface area contributed by atoms with Gasteiger partial charge in [-0.05, 0) is 45.6 Å². The van der Waals surface area contributed by atoms with Gasteiger partial charge in [0.15, 0.2) is 0 Å². The standard InChI is InChI=1S/C29H33BrFN3O4S/c1-21(2)18-32-29(36)27(17-22-11-5-4-6-12-22)33(19-23-13-7-9-15-25(23)31)28(35)20-34(39(3,37)38)26-16-10-8-14-24(26)30/h4-16,21,27H,17-20H2,1-3H3,(H,32,36)/t27-/m1/s1. The first-order chi connectivity index (χ1) is 18.5. The molecule has 1 N–H and O–H groups in total. The monoisotopic (exact) mass is 617 g/mol. The topological polar surface area (TPSA) is 86.8 Å². The third-order valence-corrected chi connectivity index (χ3v) is 7.85. The molecular weight excluding hydrogens is 585 g/mol. The van der Waals surface area contributed by atoms with Crippen molar-refractivity contribution in [1.29, 1.82) is 0 Å². The van der Waals surface area contributed by atoms with Crippen LogP contribution in [0, 0.1) is 11.7 Å². The minimum atomic E-state index is -3.90. The van der Waals surface area contributed by atoms with Crippen LogP contribution in [0.4, 0.5) is 10.1 Å². The van der Waals surface area contributed by atoms with Crippen LogP contribution in [0.5, 0.6) is 0 Å². The maximum Gasteiger partial charge on any atom is 0.244 e. The molecule has 7 nitrogen and oxygen atoms in total. The van der Waals surface area contributed by atoms with E-state index in [0.717, 1.165) is 16.1 Å². The van der Waals surface area contributed by atoms with E-state index in [4.69, 9.17) is 0 Å². The number of nitrogens with one attached hydrogen (secondary N) is 1. The number of sulfonamides is 1. The molecule has 0 aliphatic rings. The van der Waals surface area contributed by atoms with Gasteiger partial charge in [-0.1, -0.05) is 74.5 Å². The summed E-state index contributed by atoms with van der Waals surface area (Å²) >= 11 is 3.37. The Labute approximate surface area is 238 Å². The lowest BCUT2D eigenvalue weighted by atomic mass is 10.0. The lowest BCUT2D eigenvalue weighted by molar-refractivity contribution is -0.140. The van der Waals surface area contributed by atoms with E-state index in [1.54, 1.807) is 42.5 Å². The number of carbonyl (C=O) groups excluding carboxylic acids is 2. The number of rotatable bonds is 12. The molecule has 208 valence electrons. The number of nitrogens with zero attached hydrogens (tertiary/aromatic N) is 2. The average molecular weight is 619 g/mol. The molecule has 3 aromatic rings. The van der Waals surface area contributed by atoms with E-state index < -0.39 is 40.2 Å². The zero-order chi connectivity index (χ0) is 28.6. The van der Waals surface area contributed by atoms with Crippen LogP contribution in [-0.4, -0.2) is 50.5 Å². The molecule has 0 fully saturated rings. The Kier molecular flexibility index (Phi) is 10.7. The smallest absolute Gasteiger partial charge is 0.244 e. The SMILES string of the molecule is CC(C)CNC(=O)[C@@H](Cc1ccccc1)N(Cc1ccccc1F)C(=O)CN(c1ccccc1Br)S(C)(=O)=O. The van der Waals surface area contributed by atoms with Crippen LogP contribution in [0.25, 0.3) is 0 Å².